The molecule has 13 heavy (non-hydrogen) atoms. The number of carboxylic acid groups (broad SMARTS) is 1. The fourth-order valence-electron chi connectivity index (χ4n) is 0.903. The van der Waals surface area contributed by atoms with Crippen LogP contribution in [0, 0.1) is 5.92 Å². The SMILES string of the molecule is CC(C)CCN(C)CC=CC(=O)O. The van der Waals surface area contributed by atoms with Crippen molar-refractivity contribution in [2.45, 2.75) is 20.3 Å². The molecule has 76 valence electrons. The fourth-order valence-corrected chi connectivity index (χ4v) is 0.903. The molecule has 0 rings (SSSR count). The Hall–Kier alpha value is -0.830. The molecule has 0 saturated carbocycles. The van der Waals surface area contributed by atoms with E-state index in [9.17, 15) is 4.79 Å². The van der Waals surface area contributed by atoms with E-state index < -0.39 is 5.97 Å². The Balaban J connectivity index is 3.51. The van der Waals surface area contributed by atoms with E-state index in [1.165, 1.54) is 6.08 Å². The molecule has 0 aliphatic heterocycles. The molecule has 0 atom stereocenters. The summed E-state index contributed by atoms with van der Waals surface area (Å²) >= 11 is 0. The van der Waals surface area contributed by atoms with E-state index in [4.69, 9.17) is 5.11 Å². The normalized spacial score (nSPS) is 11.8. The van der Waals surface area contributed by atoms with Crippen molar-refractivity contribution in [3.63, 3.8) is 0 Å². The lowest BCUT2D eigenvalue weighted by molar-refractivity contribution is -0.131. The molecule has 0 unspecified atom stereocenters. The number of hydrogen-bond donors (Lipinski definition) is 1. The summed E-state index contributed by atoms with van der Waals surface area (Å²) in [5.41, 5.74) is 0. The Morgan fingerprint density at radius 1 is 1.54 bits per heavy atom. The van der Waals surface area contributed by atoms with E-state index in [2.05, 4.69) is 18.7 Å². The minimum absolute atomic E-state index is 0.700. The molecule has 1 N–H and O–H groups in total. The largest absolute Gasteiger partial charge is 0.478 e. The van der Waals surface area contributed by atoms with Crippen LogP contribution in [0.4, 0.5) is 0 Å². The number of carbonyl (C=O) groups is 1. The summed E-state index contributed by atoms with van der Waals surface area (Å²) in [6.07, 6.45) is 4.01. The van der Waals surface area contributed by atoms with E-state index >= 15 is 0 Å². The molecule has 0 aliphatic carbocycles. The first-order valence-corrected chi connectivity index (χ1v) is 4.60. The van der Waals surface area contributed by atoms with Gasteiger partial charge in [-0.3, -0.25) is 0 Å². The molecule has 3 heteroatoms. The minimum Gasteiger partial charge on any atom is -0.478 e. The van der Waals surface area contributed by atoms with Crippen LogP contribution in [0.5, 0.6) is 0 Å². The Morgan fingerprint density at radius 2 is 2.15 bits per heavy atom. The summed E-state index contributed by atoms with van der Waals surface area (Å²) in [6.45, 7) is 6.09. The Morgan fingerprint density at radius 3 is 2.62 bits per heavy atom. The van der Waals surface area contributed by atoms with Gasteiger partial charge in [-0.1, -0.05) is 19.9 Å². The zero-order chi connectivity index (χ0) is 10.3. The van der Waals surface area contributed by atoms with Gasteiger partial charge < -0.3 is 10.0 Å². The number of nitrogens with zero attached hydrogens (tertiary/aromatic N) is 1. The van der Waals surface area contributed by atoms with Gasteiger partial charge in [0.1, 0.15) is 0 Å². The highest BCUT2D eigenvalue weighted by atomic mass is 16.4. The highest BCUT2D eigenvalue weighted by Gasteiger charge is 1.98. The van der Waals surface area contributed by atoms with Gasteiger partial charge in [-0.25, -0.2) is 4.79 Å². The van der Waals surface area contributed by atoms with Gasteiger partial charge in [0.2, 0.25) is 0 Å². The van der Waals surface area contributed by atoms with Crippen molar-refractivity contribution in [2.24, 2.45) is 5.92 Å². The molecule has 0 heterocycles. The lowest BCUT2D eigenvalue weighted by Gasteiger charge is -2.15. The molecule has 0 aromatic carbocycles. The van der Waals surface area contributed by atoms with Crippen LogP contribution in [0.1, 0.15) is 20.3 Å². The summed E-state index contributed by atoms with van der Waals surface area (Å²) in [4.78, 5) is 12.3. The third-order valence-electron chi connectivity index (χ3n) is 1.77. The number of rotatable bonds is 6. The predicted octanol–water partition coefficient (Wildman–Crippen LogP) is 1.61. The van der Waals surface area contributed by atoms with E-state index in [1.807, 2.05) is 7.05 Å². The zero-order valence-electron chi connectivity index (χ0n) is 8.66. The second kappa shape index (κ2) is 6.66. The molecule has 0 amide bonds. The topological polar surface area (TPSA) is 40.5 Å². The van der Waals surface area contributed by atoms with Gasteiger partial charge in [-0.2, -0.15) is 0 Å². The van der Waals surface area contributed by atoms with E-state index in [1.54, 1.807) is 6.08 Å². The highest BCUT2D eigenvalue weighted by molar-refractivity contribution is 5.79. The molecule has 0 aromatic heterocycles. The van der Waals surface area contributed by atoms with Crippen LogP contribution in [0.15, 0.2) is 12.2 Å². The molecular weight excluding hydrogens is 166 g/mol. The molecule has 0 saturated heterocycles. The number of carboxylic acids is 1. The molecular formula is C10H19NO2. The van der Waals surface area contributed by atoms with Crippen molar-refractivity contribution in [3.05, 3.63) is 12.2 Å². The highest BCUT2D eigenvalue weighted by Crippen LogP contribution is 2.00. The van der Waals surface area contributed by atoms with Crippen molar-refractivity contribution in [1.82, 2.24) is 4.90 Å². The van der Waals surface area contributed by atoms with Crippen molar-refractivity contribution in [1.29, 1.82) is 0 Å². The van der Waals surface area contributed by atoms with Crippen LogP contribution in [0.3, 0.4) is 0 Å². The van der Waals surface area contributed by atoms with Gasteiger partial charge in [-0.15, -0.1) is 0 Å². The Kier molecular flexibility index (Phi) is 6.24. The van der Waals surface area contributed by atoms with Crippen LogP contribution in [-0.2, 0) is 4.79 Å². The van der Waals surface area contributed by atoms with Gasteiger partial charge >= 0.3 is 5.97 Å². The summed E-state index contributed by atoms with van der Waals surface area (Å²) in [5, 5.41) is 8.34. The van der Waals surface area contributed by atoms with Crippen molar-refractivity contribution in [2.75, 3.05) is 20.1 Å². The maximum atomic E-state index is 10.1. The minimum atomic E-state index is -0.878. The fraction of sp³-hybridized carbons (Fsp3) is 0.700. The molecule has 0 radical (unpaired) electrons. The van der Waals surface area contributed by atoms with Crippen LogP contribution >= 0.6 is 0 Å². The maximum absolute atomic E-state index is 10.1. The average molecular weight is 185 g/mol. The molecule has 0 aromatic rings. The first-order chi connectivity index (χ1) is 6.02. The second-order valence-corrected chi connectivity index (χ2v) is 3.69. The number of likely N-dealkylation sites (N-methyl/N-ethyl adjacent to an activating group) is 1. The third kappa shape index (κ3) is 9.08. The van der Waals surface area contributed by atoms with E-state index in [0.717, 1.165) is 13.0 Å². The van der Waals surface area contributed by atoms with Gasteiger partial charge in [0.25, 0.3) is 0 Å². The number of hydrogen-bond acceptors (Lipinski definition) is 2. The van der Waals surface area contributed by atoms with Crippen molar-refractivity contribution in [3.8, 4) is 0 Å². The molecule has 0 spiro atoms. The molecule has 0 fully saturated rings. The lowest BCUT2D eigenvalue weighted by Crippen LogP contribution is -2.20. The van der Waals surface area contributed by atoms with Crippen molar-refractivity contribution < 1.29 is 9.90 Å². The van der Waals surface area contributed by atoms with Crippen LogP contribution in [0.25, 0.3) is 0 Å². The standard InChI is InChI=1S/C10H19NO2/c1-9(2)6-8-11(3)7-4-5-10(12)13/h4-5,9H,6-8H2,1-3H3,(H,12,13). The maximum Gasteiger partial charge on any atom is 0.328 e. The summed E-state index contributed by atoms with van der Waals surface area (Å²) in [5.74, 6) is -0.178. The third-order valence-corrected chi connectivity index (χ3v) is 1.77. The summed E-state index contributed by atoms with van der Waals surface area (Å²) in [6, 6.07) is 0. The lowest BCUT2D eigenvalue weighted by atomic mass is 10.1. The van der Waals surface area contributed by atoms with E-state index in [-0.39, 0.29) is 0 Å². The van der Waals surface area contributed by atoms with Gasteiger partial charge in [-0.05, 0) is 25.9 Å². The van der Waals surface area contributed by atoms with E-state index in [0.29, 0.717) is 12.5 Å². The summed E-state index contributed by atoms with van der Waals surface area (Å²) < 4.78 is 0. The van der Waals surface area contributed by atoms with Gasteiger partial charge in [0.05, 0.1) is 0 Å². The van der Waals surface area contributed by atoms with Crippen LogP contribution in [0.2, 0.25) is 0 Å². The average Bonchev–Trinajstić information content (AvgIpc) is 2.00. The smallest absolute Gasteiger partial charge is 0.328 e. The molecule has 0 aliphatic rings. The molecule has 0 bridgehead atoms. The first kappa shape index (κ1) is 12.2. The van der Waals surface area contributed by atoms with Crippen LogP contribution < -0.4 is 0 Å². The Bertz CT molecular complexity index is 176. The number of aliphatic carboxylic acids is 1. The monoisotopic (exact) mass is 185 g/mol. The predicted molar refractivity (Wildman–Crippen MR) is 53.7 cm³/mol. The van der Waals surface area contributed by atoms with Gasteiger partial charge in [0.15, 0.2) is 0 Å². The quantitative estimate of drug-likeness (QED) is 0.639. The summed E-state index contributed by atoms with van der Waals surface area (Å²) in [7, 11) is 1.99. The Labute approximate surface area is 80.0 Å². The van der Waals surface area contributed by atoms with Crippen LogP contribution in [-0.4, -0.2) is 36.1 Å². The van der Waals surface area contributed by atoms with Gasteiger partial charge in [0, 0.05) is 12.6 Å². The molecule has 3 nitrogen and oxygen atoms in total. The first-order valence-electron chi connectivity index (χ1n) is 4.60. The second-order valence-electron chi connectivity index (χ2n) is 3.69. The van der Waals surface area contributed by atoms with Crippen molar-refractivity contribution >= 4 is 5.97 Å². The zero-order valence-corrected chi connectivity index (χ0v) is 8.66.